The van der Waals surface area contributed by atoms with Crippen LogP contribution < -0.4 is 0 Å². The highest BCUT2D eigenvalue weighted by molar-refractivity contribution is 5.92. The highest BCUT2D eigenvalue weighted by atomic mass is 16.5. The lowest BCUT2D eigenvalue weighted by atomic mass is 9.94. The van der Waals surface area contributed by atoms with Gasteiger partial charge in [0.25, 0.3) is 0 Å². The number of carbonyl (C=O) groups is 1. The molecule has 0 amide bonds. The van der Waals surface area contributed by atoms with Gasteiger partial charge in [-0.05, 0) is 70.9 Å². The third-order valence-electron chi connectivity index (χ3n) is 4.02. The summed E-state index contributed by atoms with van der Waals surface area (Å²) in [4.78, 5) is 12.4. The van der Waals surface area contributed by atoms with Gasteiger partial charge in [-0.3, -0.25) is 0 Å². The Hall–Kier alpha value is -1.65. The Bertz CT molecular complexity index is 591. The normalized spacial score (nSPS) is 17.8. The summed E-state index contributed by atoms with van der Waals surface area (Å²) < 4.78 is 5.44. The molecule has 26 heavy (non-hydrogen) atoms. The molecule has 0 radical (unpaired) electrons. The summed E-state index contributed by atoms with van der Waals surface area (Å²) in [6.45, 7) is 7.17. The number of aryl methyl sites for hydroxylation is 3. The van der Waals surface area contributed by atoms with Crippen molar-refractivity contribution >= 4 is 5.97 Å². The molecule has 2 N–H and O–H groups in total. The fourth-order valence-corrected chi connectivity index (χ4v) is 3.00. The molecule has 0 aliphatic carbocycles. The van der Waals surface area contributed by atoms with E-state index >= 15 is 0 Å². The minimum absolute atomic E-state index is 0.159. The number of allylic oxidation sites excluding steroid dienone is 1. The zero-order valence-electron chi connectivity index (χ0n) is 16.7. The van der Waals surface area contributed by atoms with Gasteiger partial charge in [-0.15, -0.1) is 0 Å². The molecule has 0 saturated carbocycles. The first-order valence-corrected chi connectivity index (χ1v) is 9.55. The van der Waals surface area contributed by atoms with Crippen LogP contribution in [0, 0.1) is 13.8 Å². The molecule has 4 nitrogen and oxygen atoms in total. The molecule has 2 rings (SSSR count). The number of rotatable bonds is 0. The quantitative estimate of drug-likeness (QED) is 0.401. The molecule has 1 aliphatic rings. The third kappa shape index (κ3) is 9.73. The molecule has 0 unspecified atom stereocenters. The molecule has 146 valence electrons. The van der Waals surface area contributed by atoms with Gasteiger partial charge in [0.2, 0.25) is 0 Å². The zero-order chi connectivity index (χ0) is 19.6. The first kappa shape index (κ1) is 22.4. The number of benzene rings is 1. The number of hydrogen-bond acceptors (Lipinski definition) is 4. The molecule has 0 fully saturated rings. The van der Waals surface area contributed by atoms with Gasteiger partial charge in [-0.25, -0.2) is 4.79 Å². The van der Waals surface area contributed by atoms with Crippen molar-refractivity contribution in [2.75, 3.05) is 6.61 Å². The van der Waals surface area contributed by atoms with Crippen LogP contribution in [0.2, 0.25) is 0 Å². The Morgan fingerprint density at radius 2 is 1.58 bits per heavy atom. The highest BCUT2D eigenvalue weighted by Crippen LogP contribution is 2.21. The van der Waals surface area contributed by atoms with Crippen molar-refractivity contribution in [3.63, 3.8) is 0 Å². The molecule has 4 heteroatoms. The van der Waals surface area contributed by atoms with E-state index in [4.69, 9.17) is 14.9 Å². The lowest BCUT2D eigenvalue weighted by Gasteiger charge is -2.14. The molecule has 1 aliphatic heterocycles. The molecule has 0 bridgehead atoms. The maximum atomic E-state index is 12.4. The molecule has 1 aromatic rings. The number of fused-ring (bicyclic) bond motifs is 1. The standard InChI is InChI=1S/C19H26O2.C3H8O2/c1-15-13-16(2)18-17(14-15)11-9-7-5-3-4-6-8-10-12-21-19(18)20;1-3(2,4)5/h6,8,13-14H,3-5,7,9-12H2,1-2H3;4-5H,1-2H3/b8-6-;. The van der Waals surface area contributed by atoms with Crippen LogP contribution in [0.15, 0.2) is 24.3 Å². The van der Waals surface area contributed by atoms with Gasteiger partial charge in [-0.2, -0.15) is 0 Å². The second-order valence-corrected chi connectivity index (χ2v) is 7.46. The largest absolute Gasteiger partial charge is 0.462 e. The first-order valence-electron chi connectivity index (χ1n) is 9.55. The first-order chi connectivity index (χ1) is 12.2. The fraction of sp³-hybridized carbons (Fsp3) is 0.591. The molecule has 0 spiro atoms. The van der Waals surface area contributed by atoms with Gasteiger partial charge in [0.05, 0.1) is 12.2 Å². The number of aliphatic hydroxyl groups is 2. The van der Waals surface area contributed by atoms with E-state index in [0.29, 0.717) is 6.61 Å². The summed E-state index contributed by atoms with van der Waals surface area (Å²) in [5, 5.41) is 16.2. The van der Waals surface area contributed by atoms with Crippen LogP contribution in [-0.2, 0) is 11.2 Å². The predicted molar refractivity (Wildman–Crippen MR) is 105 cm³/mol. The summed E-state index contributed by atoms with van der Waals surface area (Å²) in [5.41, 5.74) is 4.22. The second kappa shape index (κ2) is 11.1. The van der Waals surface area contributed by atoms with E-state index in [0.717, 1.165) is 42.4 Å². The van der Waals surface area contributed by atoms with Gasteiger partial charge < -0.3 is 14.9 Å². The number of hydrogen-bond donors (Lipinski definition) is 2. The SMILES string of the molecule is CC(C)(O)O.Cc1cc(C)c2c(c1)CCCCCC/C=C\CCOC2=O. The van der Waals surface area contributed by atoms with Gasteiger partial charge >= 0.3 is 5.97 Å². The highest BCUT2D eigenvalue weighted by Gasteiger charge is 2.16. The van der Waals surface area contributed by atoms with Gasteiger partial charge in [-0.1, -0.05) is 42.7 Å². The Balaban J connectivity index is 0.000000597. The zero-order valence-corrected chi connectivity index (χ0v) is 16.7. The smallest absolute Gasteiger partial charge is 0.338 e. The molecular weight excluding hydrogens is 328 g/mol. The van der Waals surface area contributed by atoms with Gasteiger partial charge in [0.1, 0.15) is 0 Å². The maximum Gasteiger partial charge on any atom is 0.338 e. The fourth-order valence-electron chi connectivity index (χ4n) is 3.00. The van der Waals surface area contributed by atoms with E-state index in [2.05, 4.69) is 31.2 Å². The van der Waals surface area contributed by atoms with E-state index in [1.54, 1.807) is 0 Å². The van der Waals surface area contributed by atoms with E-state index in [9.17, 15) is 4.79 Å². The summed E-state index contributed by atoms with van der Waals surface area (Å²) in [6.07, 6.45) is 12.2. The second-order valence-electron chi connectivity index (χ2n) is 7.46. The van der Waals surface area contributed by atoms with Crippen LogP contribution in [0.25, 0.3) is 0 Å². The van der Waals surface area contributed by atoms with Crippen molar-refractivity contribution in [1.29, 1.82) is 0 Å². The van der Waals surface area contributed by atoms with Crippen LogP contribution in [0.5, 0.6) is 0 Å². The summed E-state index contributed by atoms with van der Waals surface area (Å²) in [5.74, 6) is -1.66. The minimum Gasteiger partial charge on any atom is -0.462 e. The van der Waals surface area contributed by atoms with E-state index in [1.165, 1.54) is 38.7 Å². The summed E-state index contributed by atoms with van der Waals surface area (Å²) in [7, 11) is 0. The molecule has 1 heterocycles. The van der Waals surface area contributed by atoms with E-state index < -0.39 is 5.79 Å². The van der Waals surface area contributed by atoms with Crippen LogP contribution in [-0.4, -0.2) is 28.6 Å². The number of ether oxygens (including phenoxy) is 1. The summed E-state index contributed by atoms with van der Waals surface area (Å²) >= 11 is 0. The molecule has 1 aromatic carbocycles. The average Bonchev–Trinajstić information content (AvgIpc) is 2.49. The van der Waals surface area contributed by atoms with E-state index in [-0.39, 0.29) is 5.97 Å². The van der Waals surface area contributed by atoms with E-state index in [1.807, 2.05) is 6.92 Å². The Morgan fingerprint density at radius 3 is 2.27 bits per heavy atom. The van der Waals surface area contributed by atoms with Crippen molar-refractivity contribution in [1.82, 2.24) is 0 Å². The number of esters is 1. The number of carbonyl (C=O) groups excluding carboxylic acids is 1. The Morgan fingerprint density at radius 1 is 0.962 bits per heavy atom. The predicted octanol–water partition coefficient (Wildman–Crippen LogP) is 4.62. The van der Waals surface area contributed by atoms with Crippen LogP contribution in [0.4, 0.5) is 0 Å². The van der Waals surface area contributed by atoms with Gasteiger partial charge in [0.15, 0.2) is 5.79 Å². The molecule has 0 saturated heterocycles. The van der Waals surface area contributed by atoms with Crippen molar-refractivity contribution in [3.8, 4) is 0 Å². The lowest BCUT2D eigenvalue weighted by Crippen LogP contribution is -2.15. The van der Waals surface area contributed by atoms with Crippen molar-refractivity contribution in [2.24, 2.45) is 0 Å². The minimum atomic E-state index is -1.50. The molecular formula is C22H34O4. The molecule has 0 atom stereocenters. The number of cyclic esters (lactones) is 1. The van der Waals surface area contributed by atoms with Crippen molar-refractivity contribution in [3.05, 3.63) is 46.5 Å². The van der Waals surface area contributed by atoms with Gasteiger partial charge in [0, 0.05) is 0 Å². The Kier molecular flexibility index (Phi) is 9.60. The van der Waals surface area contributed by atoms with Crippen molar-refractivity contribution in [2.45, 2.75) is 78.4 Å². The molecule has 0 aromatic heterocycles. The topological polar surface area (TPSA) is 66.8 Å². The van der Waals surface area contributed by atoms with Crippen LogP contribution >= 0.6 is 0 Å². The monoisotopic (exact) mass is 362 g/mol. The maximum absolute atomic E-state index is 12.4. The third-order valence-corrected chi connectivity index (χ3v) is 4.02. The van der Waals surface area contributed by atoms with Crippen molar-refractivity contribution < 1.29 is 19.7 Å². The lowest BCUT2D eigenvalue weighted by molar-refractivity contribution is -0.127. The summed E-state index contributed by atoms with van der Waals surface area (Å²) in [6, 6.07) is 4.22. The average molecular weight is 363 g/mol. The van der Waals surface area contributed by atoms with Crippen LogP contribution in [0.1, 0.15) is 79.4 Å². The Labute approximate surface area is 157 Å². The van der Waals surface area contributed by atoms with Crippen LogP contribution in [0.3, 0.4) is 0 Å².